The highest BCUT2D eigenvalue weighted by Crippen LogP contribution is 2.20. The minimum Gasteiger partial charge on any atom is -0.446 e. The van der Waals surface area contributed by atoms with Crippen molar-refractivity contribution in [3.63, 3.8) is 0 Å². The maximum absolute atomic E-state index is 12.6. The summed E-state index contributed by atoms with van der Waals surface area (Å²) in [6.45, 7) is 3.60. The monoisotopic (exact) mass is 540 g/mol. The quantitative estimate of drug-likeness (QED) is 0.165. The maximum atomic E-state index is 12.6. The number of nitrogens with one attached hydrogen (secondary N) is 2. The fourth-order valence-corrected chi connectivity index (χ4v) is 4.16. The van der Waals surface area contributed by atoms with E-state index in [-0.39, 0.29) is 11.5 Å². The van der Waals surface area contributed by atoms with E-state index in [2.05, 4.69) is 21.1 Å². The highest BCUT2D eigenvalue weighted by Gasteiger charge is 2.16. The molecule has 4 aromatic carbocycles. The lowest BCUT2D eigenvalue weighted by Gasteiger charge is -2.05. The summed E-state index contributed by atoms with van der Waals surface area (Å²) in [5.74, 6) is -1.21. The van der Waals surface area contributed by atoms with Crippen LogP contribution in [0.2, 0.25) is 0 Å². The molecule has 7 heteroatoms. The van der Waals surface area contributed by atoms with Gasteiger partial charge in [0.05, 0.1) is 11.4 Å². The Bertz CT molecular complexity index is 1580. The van der Waals surface area contributed by atoms with Crippen molar-refractivity contribution in [3.8, 4) is 22.3 Å². The molecule has 0 aliphatic carbocycles. The summed E-state index contributed by atoms with van der Waals surface area (Å²) < 4.78 is 5.45. The van der Waals surface area contributed by atoms with Gasteiger partial charge >= 0.3 is 11.8 Å². The molecule has 0 aliphatic heterocycles. The van der Waals surface area contributed by atoms with Crippen LogP contribution in [0.4, 0.5) is 0 Å². The van der Waals surface area contributed by atoms with Crippen molar-refractivity contribution in [3.05, 3.63) is 144 Å². The predicted molar refractivity (Wildman–Crippen MR) is 162 cm³/mol. The molecule has 0 unspecified atom stereocenters. The van der Waals surface area contributed by atoms with Crippen LogP contribution in [0, 0.1) is 0 Å². The Morgan fingerprint density at radius 3 is 1.20 bits per heavy atom. The van der Waals surface area contributed by atoms with Gasteiger partial charge in [0.1, 0.15) is 0 Å². The molecule has 5 aromatic rings. The van der Waals surface area contributed by atoms with Crippen LogP contribution in [0.1, 0.15) is 46.1 Å². The molecular weight excluding hydrogens is 512 g/mol. The second-order valence-corrected chi connectivity index (χ2v) is 9.33. The highest BCUT2D eigenvalue weighted by atomic mass is 16.4. The van der Waals surface area contributed by atoms with E-state index in [1.54, 1.807) is 13.8 Å². The number of carbonyl (C=O) groups is 2. The van der Waals surface area contributed by atoms with E-state index >= 15 is 0 Å². The number of carbonyl (C=O) groups excluding carboxylic acids is 2. The van der Waals surface area contributed by atoms with Gasteiger partial charge in [-0.15, -0.1) is 0 Å². The molecule has 1 aromatic heterocycles. The van der Waals surface area contributed by atoms with Gasteiger partial charge in [0, 0.05) is 0 Å². The number of furan rings is 1. The van der Waals surface area contributed by atoms with Gasteiger partial charge in [-0.2, -0.15) is 10.2 Å². The largest absolute Gasteiger partial charge is 0.446 e. The van der Waals surface area contributed by atoms with E-state index in [0.717, 1.165) is 33.4 Å². The first-order valence-corrected chi connectivity index (χ1v) is 13.1. The molecule has 5 rings (SSSR count). The van der Waals surface area contributed by atoms with Gasteiger partial charge in [-0.1, -0.05) is 109 Å². The third kappa shape index (κ3) is 6.72. The number of nitrogens with zero attached hydrogens (tertiary/aromatic N) is 2. The van der Waals surface area contributed by atoms with Crippen LogP contribution in [0.25, 0.3) is 22.3 Å². The first-order valence-electron chi connectivity index (χ1n) is 13.1. The molecule has 7 nitrogen and oxygen atoms in total. The van der Waals surface area contributed by atoms with E-state index in [0.29, 0.717) is 11.4 Å². The van der Waals surface area contributed by atoms with Crippen molar-refractivity contribution >= 4 is 23.2 Å². The van der Waals surface area contributed by atoms with Crippen LogP contribution >= 0.6 is 0 Å². The smallest absolute Gasteiger partial charge is 0.307 e. The van der Waals surface area contributed by atoms with E-state index in [9.17, 15) is 9.59 Å². The zero-order chi connectivity index (χ0) is 28.6. The number of rotatable bonds is 8. The van der Waals surface area contributed by atoms with Crippen molar-refractivity contribution in [1.82, 2.24) is 10.9 Å². The van der Waals surface area contributed by atoms with E-state index in [1.165, 1.54) is 12.1 Å². The summed E-state index contributed by atoms with van der Waals surface area (Å²) in [5.41, 5.74) is 12.4. The van der Waals surface area contributed by atoms with Crippen LogP contribution < -0.4 is 10.9 Å². The van der Waals surface area contributed by atoms with Crippen LogP contribution in [0.5, 0.6) is 0 Å². The molecule has 0 bridgehead atoms. The van der Waals surface area contributed by atoms with Crippen LogP contribution in [0.3, 0.4) is 0 Å². The lowest BCUT2D eigenvalue weighted by atomic mass is 10.0. The van der Waals surface area contributed by atoms with Crippen molar-refractivity contribution in [2.75, 3.05) is 0 Å². The average Bonchev–Trinajstić information content (AvgIpc) is 3.54. The third-order valence-electron chi connectivity index (χ3n) is 6.52. The number of amides is 2. The topological polar surface area (TPSA) is 96.1 Å². The Labute approximate surface area is 238 Å². The second kappa shape index (κ2) is 12.5. The summed E-state index contributed by atoms with van der Waals surface area (Å²) in [4.78, 5) is 25.1. The molecule has 0 saturated heterocycles. The minimum atomic E-state index is -0.567. The second-order valence-electron chi connectivity index (χ2n) is 9.33. The summed E-state index contributed by atoms with van der Waals surface area (Å²) in [5, 5.41) is 8.36. The third-order valence-corrected chi connectivity index (χ3v) is 6.52. The van der Waals surface area contributed by atoms with E-state index < -0.39 is 11.8 Å². The number of hydrogen-bond acceptors (Lipinski definition) is 5. The van der Waals surface area contributed by atoms with Crippen LogP contribution in [-0.2, 0) is 0 Å². The van der Waals surface area contributed by atoms with Crippen LogP contribution in [0.15, 0.2) is 136 Å². The summed E-state index contributed by atoms with van der Waals surface area (Å²) in [6.07, 6.45) is 0. The van der Waals surface area contributed by atoms with Gasteiger partial charge in [-0.25, -0.2) is 10.9 Å². The number of hydrazone groups is 2. The predicted octanol–water partition coefficient (Wildman–Crippen LogP) is 6.92. The molecular formula is C34H28N4O3. The summed E-state index contributed by atoms with van der Waals surface area (Å²) >= 11 is 0. The SMILES string of the molecule is CC(=NNC(=O)c1ccc(C(=O)NN=C(C)c2ccc(-c3ccccc3)cc2)o1)c1ccc(-c2ccccc2)cc1. The molecule has 2 N–H and O–H groups in total. The number of hydrogen-bond donors (Lipinski definition) is 2. The van der Waals surface area contributed by atoms with Gasteiger partial charge in [0.15, 0.2) is 11.5 Å². The Hall–Kier alpha value is -5.56. The Morgan fingerprint density at radius 1 is 0.488 bits per heavy atom. The lowest BCUT2D eigenvalue weighted by Crippen LogP contribution is -2.20. The Balaban J connectivity index is 1.16. The molecule has 0 fully saturated rings. The first-order chi connectivity index (χ1) is 20.0. The summed E-state index contributed by atoms with van der Waals surface area (Å²) in [7, 11) is 0. The molecule has 2 amide bonds. The minimum absolute atomic E-state index is 0.0386. The highest BCUT2D eigenvalue weighted by molar-refractivity contribution is 6.02. The molecule has 202 valence electrons. The zero-order valence-corrected chi connectivity index (χ0v) is 22.7. The molecule has 0 atom stereocenters. The standard InChI is InChI=1S/C34H28N4O3/c1-23(25-13-17-29(18-14-25)27-9-5-3-6-10-27)35-37-33(39)31-21-22-32(41-31)34(40)38-36-24(2)26-15-19-30(20-16-26)28-11-7-4-8-12-28/h3-22H,1-2H3,(H,37,39)(H,38,40). The van der Waals surface area contributed by atoms with Crippen molar-refractivity contribution in [2.45, 2.75) is 13.8 Å². The average molecular weight is 541 g/mol. The number of benzene rings is 4. The Morgan fingerprint density at radius 2 is 0.829 bits per heavy atom. The van der Waals surface area contributed by atoms with Gasteiger partial charge in [-0.3, -0.25) is 9.59 Å². The van der Waals surface area contributed by atoms with Crippen molar-refractivity contribution in [1.29, 1.82) is 0 Å². The van der Waals surface area contributed by atoms with Crippen molar-refractivity contribution in [2.24, 2.45) is 10.2 Å². The molecule has 0 aliphatic rings. The molecule has 0 radical (unpaired) electrons. The molecule has 41 heavy (non-hydrogen) atoms. The first kappa shape index (κ1) is 27.0. The maximum Gasteiger partial charge on any atom is 0.307 e. The van der Waals surface area contributed by atoms with E-state index in [4.69, 9.17) is 4.42 Å². The Kier molecular flexibility index (Phi) is 8.26. The normalized spacial score (nSPS) is 11.7. The van der Waals surface area contributed by atoms with E-state index in [1.807, 2.05) is 109 Å². The van der Waals surface area contributed by atoms with Crippen molar-refractivity contribution < 1.29 is 14.0 Å². The summed E-state index contributed by atoms with van der Waals surface area (Å²) in [6, 6.07) is 38.8. The van der Waals surface area contributed by atoms with Gasteiger partial charge in [0.2, 0.25) is 0 Å². The molecule has 1 heterocycles. The fraction of sp³-hybridized carbons (Fsp3) is 0.0588. The zero-order valence-electron chi connectivity index (χ0n) is 22.7. The molecule has 0 saturated carbocycles. The lowest BCUT2D eigenvalue weighted by molar-refractivity contribution is 0.0902. The fourth-order valence-electron chi connectivity index (χ4n) is 4.16. The van der Waals surface area contributed by atoms with Crippen LogP contribution in [-0.4, -0.2) is 23.2 Å². The van der Waals surface area contributed by atoms with Gasteiger partial charge in [-0.05, 0) is 59.4 Å². The molecule has 0 spiro atoms. The van der Waals surface area contributed by atoms with Gasteiger partial charge < -0.3 is 4.42 Å². The van der Waals surface area contributed by atoms with Gasteiger partial charge in [0.25, 0.3) is 0 Å².